The zero-order chi connectivity index (χ0) is 18.0. The maximum atomic E-state index is 11.9. The van der Waals surface area contributed by atoms with Crippen LogP contribution in [-0.4, -0.2) is 27.7 Å². The summed E-state index contributed by atoms with van der Waals surface area (Å²) in [5.74, 6) is 0.374. The summed E-state index contributed by atoms with van der Waals surface area (Å²) in [5.41, 5.74) is 0.610. The molecular weight excluding hydrogens is 338 g/mol. The summed E-state index contributed by atoms with van der Waals surface area (Å²) in [7, 11) is 0. The largest absolute Gasteiger partial charge is 0.444 e. The van der Waals surface area contributed by atoms with E-state index < -0.39 is 5.60 Å². The molecule has 3 rings (SSSR count). The molecule has 5 nitrogen and oxygen atoms in total. The average Bonchev–Trinajstić information content (AvgIpc) is 2.53. The lowest BCUT2D eigenvalue weighted by atomic mass is 9.82. The molecular formula is C19H24ClN3O2. The van der Waals surface area contributed by atoms with Crippen LogP contribution in [0.4, 0.5) is 4.79 Å². The number of ether oxygens (including phenoxy) is 1. The van der Waals surface area contributed by atoms with Gasteiger partial charge in [0.25, 0.3) is 0 Å². The maximum absolute atomic E-state index is 11.9. The molecule has 0 aliphatic heterocycles. The van der Waals surface area contributed by atoms with Crippen molar-refractivity contribution >= 4 is 28.5 Å². The highest BCUT2D eigenvalue weighted by atomic mass is 35.5. The number of nitrogens with zero attached hydrogens (tertiary/aromatic N) is 2. The molecule has 0 bridgehead atoms. The summed E-state index contributed by atoms with van der Waals surface area (Å²) >= 11 is 6.06. The summed E-state index contributed by atoms with van der Waals surface area (Å²) in [6, 6.07) is 4.01. The number of amides is 1. The number of fused-ring (bicyclic) bond motifs is 1. The zero-order valence-corrected chi connectivity index (χ0v) is 15.6. The van der Waals surface area contributed by atoms with E-state index >= 15 is 0 Å². The molecule has 0 spiro atoms. The van der Waals surface area contributed by atoms with Crippen molar-refractivity contribution in [3.05, 3.63) is 35.4 Å². The van der Waals surface area contributed by atoms with E-state index in [-0.39, 0.29) is 12.1 Å². The Hall–Kier alpha value is -1.88. The van der Waals surface area contributed by atoms with Gasteiger partial charge in [0.15, 0.2) is 0 Å². The Morgan fingerprint density at radius 1 is 1.24 bits per heavy atom. The van der Waals surface area contributed by atoms with Crippen LogP contribution in [-0.2, 0) is 4.74 Å². The normalized spacial score (nSPS) is 21.1. The molecule has 2 heterocycles. The molecule has 0 saturated heterocycles. The minimum absolute atomic E-state index is 0.159. The number of halogens is 1. The van der Waals surface area contributed by atoms with E-state index in [2.05, 4.69) is 15.3 Å². The van der Waals surface area contributed by atoms with Crippen molar-refractivity contribution in [2.24, 2.45) is 0 Å². The summed E-state index contributed by atoms with van der Waals surface area (Å²) < 4.78 is 5.34. The monoisotopic (exact) mass is 361 g/mol. The highest BCUT2D eigenvalue weighted by molar-refractivity contribution is 6.30. The molecule has 1 saturated carbocycles. The minimum atomic E-state index is -0.471. The van der Waals surface area contributed by atoms with Gasteiger partial charge in [-0.25, -0.2) is 9.78 Å². The van der Waals surface area contributed by atoms with Crippen molar-refractivity contribution < 1.29 is 9.53 Å². The van der Waals surface area contributed by atoms with Gasteiger partial charge >= 0.3 is 6.09 Å². The van der Waals surface area contributed by atoms with Crippen LogP contribution in [0, 0.1) is 0 Å². The van der Waals surface area contributed by atoms with Crippen LogP contribution in [0.5, 0.6) is 0 Å². The fourth-order valence-electron chi connectivity index (χ4n) is 3.37. The van der Waals surface area contributed by atoms with E-state index in [1.807, 2.05) is 39.1 Å². The molecule has 0 atom stereocenters. The number of alkyl carbamates (subject to hydrolysis) is 1. The van der Waals surface area contributed by atoms with Crippen LogP contribution < -0.4 is 5.32 Å². The first-order valence-corrected chi connectivity index (χ1v) is 9.09. The van der Waals surface area contributed by atoms with Gasteiger partial charge in [0.05, 0.1) is 5.69 Å². The number of aromatic nitrogens is 2. The van der Waals surface area contributed by atoms with Crippen LogP contribution in [0.1, 0.15) is 58.1 Å². The zero-order valence-electron chi connectivity index (χ0n) is 14.9. The number of rotatable bonds is 2. The van der Waals surface area contributed by atoms with Gasteiger partial charge in [-0.2, -0.15) is 0 Å². The Bertz CT molecular complexity index is 765. The lowest BCUT2D eigenvalue weighted by Crippen LogP contribution is -2.40. The Kier molecular flexibility index (Phi) is 5.13. The molecule has 0 radical (unpaired) electrons. The SMILES string of the molecule is CC(C)(C)OC(=O)NC1CCC(c2nccc3cnc(Cl)cc23)CC1. The summed E-state index contributed by atoms with van der Waals surface area (Å²) in [6.45, 7) is 5.61. The first kappa shape index (κ1) is 17.9. The van der Waals surface area contributed by atoms with E-state index in [9.17, 15) is 4.79 Å². The van der Waals surface area contributed by atoms with Crippen molar-refractivity contribution in [1.82, 2.24) is 15.3 Å². The molecule has 1 aliphatic rings. The fraction of sp³-hybridized carbons (Fsp3) is 0.526. The van der Waals surface area contributed by atoms with E-state index in [4.69, 9.17) is 16.3 Å². The smallest absolute Gasteiger partial charge is 0.407 e. The molecule has 6 heteroatoms. The van der Waals surface area contributed by atoms with Crippen LogP contribution in [0.2, 0.25) is 5.15 Å². The first-order chi connectivity index (χ1) is 11.8. The molecule has 134 valence electrons. The topological polar surface area (TPSA) is 64.1 Å². The average molecular weight is 362 g/mol. The van der Waals surface area contributed by atoms with Crippen LogP contribution in [0.3, 0.4) is 0 Å². The Labute approximate surface area is 153 Å². The van der Waals surface area contributed by atoms with Gasteiger partial charge in [-0.3, -0.25) is 4.98 Å². The Balaban J connectivity index is 1.65. The van der Waals surface area contributed by atoms with Crippen molar-refractivity contribution in [3.63, 3.8) is 0 Å². The lowest BCUT2D eigenvalue weighted by Gasteiger charge is -2.30. The second kappa shape index (κ2) is 7.16. The highest BCUT2D eigenvalue weighted by Gasteiger charge is 2.27. The predicted octanol–water partition coefficient (Wildman–Crippen LogP) is 4.83. The van der Waals surface area contributed by atoms with Crippen molar-refractivity contribution in [1.29, 1.82) is 0 Å². The predicted molar refractivity (Wildman–Crippen MR) is 98.9 cm³/mol. The number of nitrogens with one attached hydrogen (secondary N) is 1. The number of hydrogen-bond acceptors (Lipinski definition) is 4. The van der Waals surface area contributed by atoms with Crippen molar-refractivity contribution in [2.45, 2.75) is 64.0 Å². The van der Waals surface area contributed by atoms with Gasteiger partial charge in [-0.15, -0.1) is 0 Å². The van der Waals surface area contributed by atoms with E-state index in [0.717, 1.165) is 42.1 Å². The van der Waals surface area contributed by atoms with Crippen LogP contribution in [0.15, 0.2) is 24.5 Å². The van der Waals surface area contributed by atoms with E-state index in [0.29, 0.717) is 11.1 Å². The summed E-state index contributed by atoms with van der Waals surface area (Å²) in [6.07, 6.45) is 7.08. The van der Waals surface area contributed by atoms with Gasteiger partial charge < -0.3 is 10.1 Å². The molecule has 2 aromatic rings. The first-order valence-electron chi connectivity index (χ1n) is 8.71. The number of hydrogen-bond donors (Lipinski definition) is 1. The van der Waals surface area contributed by atoms with Gasteiger partial charge in [0.1, 0.15) is 10.8 Å². The molecule has 0 unspecified atom stereocenters. The van der Waals surface area contributed by atoms with Crippen molar-refractivity contribution in [3.8, 4) is 0 Å². The van der Waals surface area contributed by atoms with Crippen LogP contribution >= 0.6 is 11.6 Å². The van der Waals surface area contributed by atoms with Crippen LogP contribution in [0.25, 0.3) is 10.8 Å². The van der Waals surface area contributed by atoms with Gasteiger partial charge in [-0.1, -0.05) is 11.6 Å². The molecule has 1 fully saturated rings. The lowest BCUT2D eigenvalue weighted by molar-refractivity contribution is 0.0491. The molecule has 1 N–H and O–H groups in total. The van der Waals surface area contributed by atoms with E-state index in [1.54, 1.807) is 6.20 Å². The third kappa shape index (κ3) is 4.60. The van der Waals surface area contributed by atoms with E-state index in [1.165, 1.54) is 0 Å². The molecule has 25 heavy (non-hydrogen) atoms. The van der Waals surface area contributed by atoms with Gasteiger partial charge in [0.2, 0.25) is 0 Å². The fourth-order valence-corrected chi connectivity index (χ4v) is 3.53. The number of pyridine rings is 2. The maximum Gasteiger partial charge on any atom is 0.407 e. The molecule has 1 amide bonds. The third-order valence-corrected chi connectivity index (χ3v) is 4.69. The number of carbonyl (C=O) groups is 1. The van der Waals surface area contributed by atoms with Gasteiger partial charge in [0, 0.05) is 35.1 Å². The molecule has 0 aromatic carbocycles. The minimum Gasteiger partial charge on any atom is -0.444 e. The van der Waals surface area contributed by atoms with Gasteiger partial charge in [-0.05, 0) is 58.6 Å². The highest BCUT2D eigenvalue weighted by Crippen LogP contribution is 2.35. The Morgan fingerprint density at radius 3 is 2.64 bits per heavy atom. The standard InChI is InChI=1S/C19H24ClN3O2/c1-19(2,3)25-18(24)23-14-6-4-12(5-7-14)17-15-10-16(20)22-11-13(15)8-9-21-17/h8-12,14H,4-7H2,1-3H3,(H,23,24). The summed E-state index contributed by atoms with van der Waals surface area (Å²) in [5, 5.41) is 5.60. The Morgan fingerprint density at radius 2 is 1.96 bits per heavy atom. The molecule has 1 aliphatic carbocycles. The number of carbonyl (C=O) groups excluding carboxylic acids is 1. The molecule has 2 aromatic heterocycles. The quantitative estimate of drug-likeness (QED) is 0.778. The van der Waals surface area contributed by atoms with Crippen molar-refractivity contribution in [2.75, 3.05) is 0 Å². The second-order valence-electron chi connectivity index (χ2n) is 7.62. The second-order valence-corrected chi connectivity index (χ2v) is 8.01. The third-order valence-electron chi connectivity index (χ3n) is 4.48. The summed E-state index contributed by atoms with van der Waals surface area (Å²) in [4.78, 5) is 20.7.